The van der Waals surface area contributed by atoms with Crippen molar-refractivity contribution in [3.63, 3.8) is 0 Å². The molecule has 0 aromatic rings. The normalized spacial score (nSPS) is 16.1. The number of nitrogens with zero attached hydrogens (tertiary/aromatic N) is 2. The van der Waals surface area contributed by atoms with Crippen molar-refractivity contribution in [1.82, 2.24) is 14.5 Å². The first kappa shape index (κ1) is 21.7. The molecule has 1 aliphatic heterocycles. The van der Waals surface area contributed by atoms with Crippen molar-refractivity contribution >= 4 is 22.0 Å². The molecule has 0 radical (unpaired) electrons. The van der Waals surface area contributed by atoms with Crippen LogP contribution in [0.1, 0.15) is 46.0 Å². The van der Waals surface area contributed by atoms with Gasteiger partial charge in [0.1, 0.15) is 0 Å². The summed E-state index contributed by atoms with van der Waals surface area (Å²) >= 11 is 0. The van der Waals surface area contributed by atoms with Gasteiger partial charge in [-0.1, -0.05) is 13.3 Å². The van der Waals surface area contributed by atoms with Crippen LogP contribution in [0, 0.1) is 0 Å². The lowest BCUT2D eigenvalue weighted by molar-refractivity contribution is -0.121. The highest BCUT2D eigenvalue weighted by Crippen LogP contribution is 2.20. The second kappa shape index (κ2) is 10.6. The Morgan fingerprint density at radius 3 is 2.40 bits per heavy atom. The first-order valence-electron chi connectivity index (χ1n) is 8.94. The molecule has 1 aliphatic rings. The van der Waals surface area contributed by atoms with E-state index in [9.17, 15) is 18.0 Å². The summed E-state index contributed by atoms with van der Waals surface area (Å²) in [7, 11) is -3.41. The van der Waals surface area contributed by atoms with E-state index in [0.29, 0.717) is 39.1 Å². The van der Waals surface area contributed by atoms with E-state index in [2.05, 4.69) is 5.32 Å². The molecule has 0 aromatic heterocycles. The number of carbonyl (C=O) groups excluding carboxylic acids is 2. The van der Waals surface area contributed by atoms with Gasteiger partial charge < -0.3 is 15.0 Å². The summed E-state index contributed by atoms with van der Waals surface area (Å²) in [6.45, 7) is 5.81. The van der Waals surface area contributed by atoms with Crippen molar-refractivity contribution in [2.75, 3.05) is 39.0 Å². The van der Waals surface area contributed by atoms with E-state index in [-0.39, 0.29) is 31.0 Å². The molecule has 0 atom stereocenters. The summed E-state index contributed by atoms with van der Waals surface area (Å²) in [5.74, 6) is -0.133. The molecule has 8 nitrogen and oxygen atoms in total. The van der Waals surface area contributed by atoms with Crippen LogP contribution in [0.3, 0.4) is 0 Å². The highest BCUT2D eigenvalue weighted by atomic mass is 32.2. The Morgan fingerprint density at radius 1 is 1.24 bits per heavy atom. The number of ether oxygens (including phenoxy) is 1. The minimum Gasteiger partial charge on any atom is -0.450 e. The molecule has 0 saturated carbocycles. The van der Waals surface area contributed by atoms with Crippen molar-refractivity contribution in [1.29, 1.82) is 0 Å². The van der Waals surface area contributed by atoms with E-state index in [4.69, 9.17) is 4.74 Å². The van der Waals surface area contributed by atoms with Crippen LogP contribution in [-0.4, -0.2) is 74.7 Å². The van der Waals surface area contributed by atoms with Gasteiger partial charge >= 0.3 is 6.09 Å². The lowest BCUT2D eigenvalue weighted by Gasteiger charge is -2.36. The molecule has 25 heavy (non-hydrogen) atoms. The number of hydrogen-bond donors (Lipinski definition) is 1. The van der Waals surface area contributed by atoms with Crippen LogP contribution in [0.5, 0.6) is 0 Å². The number of hydrogen-bond acceptors (Lipinski definition) is 5. The molecule has 1 fully saturated rings. The maximum atomic E-state index is 12.1. The largest absolute Gasteiger partial charge is 0.450 e. The third kappa shape index (κ3) is 7.60. The summed E-state index contributed by atoms with van der Waals surface area (Å²) in [6.07, 6.45) is 3.95. The van der Waals surface area contributed by atoms with Gasteiger partial charge in [-0.15, -0.1) is 0 Å². The van der Waals surface area contributed by atoms with Gasteiger partial charge in [-0.2, -0.15) is 4.31 Å². The molecule has 0 spiro atoms. The number of nitrogens with one attached hydrogen (secondary N) is 1. The zero-order valence-electron chi connectivity index (χ0n) is 15.5. The Balaban J connectivity index is 2.55. The van der Waals surface area contributed by atoms with Crippen molar-refractivity contribution in [3.8, 4) is 0 Å². The Bertz CT molecular complexity index is 530. The average molecular weight is 378 g/mol. The number of amides is 2. The number of sulfonamides is 1. The quantitative estimate of drug-likeness (QED) is 0.609. The third-order valence-corrected chi connectivity index (χ3v) is 5.57. The van der Waals surface area contributed by atoms with Crippen molar-refractivity contribution in [2.45, 2.75) is 52.0 Å². The maximum Gasteiger partial charge on any atom is 0.409 e. The van der Waals surface area contributed by atoms with Gasteiger partial charge in [-0.25, -0.2) is 13.2 Å². The van der Waals surface area contributed by atoms with Gasteiger partial charge in [-0.3, -0.25) is 4.79 Å². The van der Waals surface area contributed by atoms with Crippen LogP contribution in [0.4, 0.5) is 4.79 Å². The average Bonchev–Trinajstić information content (AvgIpc) is 2.55. The smallest absolute Gasteiger partial charge is 0.409 e. The Hall–Kier alpha value is -1.35. The molecule has 1 heterocycles. The van der Waals surface area contributed by atoms with Crippen LogP contribution in [-0.2, 0) is 19.6 Å². The summed E-state index contributed by atoms with van der Waals surface area (Å²) in [5.41, 5.74) is 0. The minimum absolute atomic E-state index is 0.133. The molecule has 146 valence electrons. The molecule has 0 aliphatic carbocycles. The lowest BCUT2D eigenvalue weighted by Crippen LogP contribution is -2.49. The SMILES string of the molecule is CCCCNC(=O)CCN(C1CCN(C(=O)OCC)CC1)S(C)(=O)=O. The number of carbonyl (C=O) groups is 2. The second-order valence-corrected chi connectivity index (χ2v) is 8.18. The minimum atomic E-state index is -3.41. The van der Waals surface area contributed by atoms with Crippen LogP contribution in [0.25, 0.3) is 0 Å². The van der Waals surface area contributed by atoms with Gasteiger partial charge in [-0.05, 0) is 26.2 Å². The topological polar surface area (TPSA) is 96.0 Å². The molecule has 0 bridgehead atoms. The van der Waals surface area contributed by atoms with Crippen LogP contribution < -0.4 is 5.32 Å². The highest BCUT2D eigenvalue weighted by molar-refractivity contribution is 7.88. The molecule has 0 unspecified atom stereocenters. The predicted octanol–water partition coefficient (Wildman–Crippen LogP) is 1.18. The monoisotopic (exact) mass is 377 g/mol. The second-order valence-electron chi connectivity index (χ2n) is 6.24. The standard InChI is InChI=1S/C16H31N3O5S/c1-4-6-10-17-15(20)9-13-19(25(3,22)23)14-7-11-18(12-8-14)16(21)24-5-2/h14H,4-13H2,1-3H3,(H,17,20). The van der Waals surface area contributed by atoms with E-state index < -0.39 is 10.0 Å². The maximum absolute atomic E-state index is 12.1. The predicted molar refractivity (Wildman–Crippen MR) is 95.7 cm³/mol. The van der Waals surface area contributed by atoms with Gasteiger partial charge in [0.25, 0.3) is 0 Å². The van der Waals surface area contributed by atoms with E-state index in [1.54, 1.807) is 11.8 Å². The van der Waals surface area contributed by atoms with E-state index in [0.717, 1.165) is 12.8 Å². The Labute approximate surface area is 150 Å². The summed E-state index contributed by atoms with van der Waals surface area (Å²) in [5, 5.41) is 2.80. The van der Waals surface area contributed by atoms with Crippen LogP contribution >= 0.6 is 0 Å². The van der Waals surface area contributed by atoms with Gasteiger partial charge in [0.05, 0.1) is 12.9 Å². The van der Waals surface area contributed by atoms with Crippen molar-refractivity contribution in [2.24, 2.45) is 0 Å². The molecule has 1 saturated heterocycles. The summed E-state index contributed by atoms with van der Waals surface area (Å²) in [6, 6.07) is -0.191. The van der Waals surface area contributed by atoms with Gasteiger partial charge in [0.15, 0.2) is 0 Å². The van der Waals surface area contributed by atoms with Gasteiger partial charge in [0, 0.05) is 38.6 Å². The first-order chi connectivity index (χ1) is 11.8. The van der Waals surface area contributed by atoms with E-state index >= 15 is 0 Å². The Kier molecular flexibility index (Phi) is 9.20. The van der Waals surface area contributed by atoms with Crippen LogP contribution in [0.2, 0.25) is 0 Å². The van der Waals surface area contributed by atoms with Crippen molar-refractivity contribution < 1.29 is 22.7 Å². The molecule has 1 rings (SSSR count). The number of likely N-dealkylation sites (tertiary alicyclic amines) is 1. The fourth-order valence-corrected chi connectivity index (χ4v) is 4.05. The Morgan fingerprint density at radius 2 is 1.88 bits per heavy atom. The van der Waals surface area contributed by atoms with Gasteiger partial charge in [0.2, 0.25) is 15.9 Å². The summed E-state index contributed by atoms with van der Waals surface area (Å²) < 4.78 is 30.6. The zero-order chi connectivity index (χ0) is 18.9. The molecule has 9 heteroatoms. The molecule has 2 amide bonds. The summed E-state index contributed by atoms with van der Waals surface area (Å²) in [4.78, 5) is 25.2. The van der Waals surface area contributed by atoms with E-state index in [1.807, 2.05) is 6.92 Å². The fourth-order valence-electron chi connectivity index (χ4n) is 2.88. The molecular formula is C16H31N3O5S. The molecule has 1 N–H and O–H groups in total. The zero-order valence-corrected chi connectivity index (χ0v) is 16.3. The van der Waals surface area contributed by atoms with Crippen LogP contribution in [0.15, 0.2) is 0 Å². The highest BCUT2D eigenvalue weighted by Gasteiger charge is 2.32. The van der Waals surface area contributed by atoms with Crippen molar-refractivity contribution in [3.05, 3.63) is 0 Å². The number of unbranched alkanes of at least 4 members (excludes halogenated alkanes) is 1. The molecular weight excluding hydrogens is 346 g/mol. The number of piperidine rings is 1. The third-order valence-electron chi connectivity index (χ3n) is 4.24. The van der Waals surface area contributed by atoms with E-state index in [1.165, 1.54) is 10.6 Å². The molecule has 0 aromatic carbocycles. The lowest BCUT2D eigenvalue weighted by atomic mass is 10.1. The number of rotatable bonds is 9. The first-order valence-corrected chi connectivity index (χ1v) is 10.8. The fraction of sp³-hybridized carbons (Fsp3) is 0.875.